The molecule has 23 heavy (non-hydrogen) atoms. The lowest BCUT2D eigenvalue weighted by Gasteiger charge is -2.33. The van der Waals surface area contributed by atoms with Crippen LogP contribution < -0.4 is 26.8 Å². The van der Waals surface area contributed by atoms with E-state index < -0.39 is 5.54 Å². The molecule has 0 unspecified atom stereocenters. The van der Waals surface area contributed by atoms with E-state index in [1.807, 2.05) is 51.0 Å². The lowest BCUT2D eigenvalue weighted by molar-refractivity contribution is 0.226. The second kappa shape index (κ2) is 6.91. The zero-order valence-electron chi connectivity index (χ0n) is 14.3. The Kier molecular flexibility index (Phi) is 5.15. The highest BCUT2D eigenvalue weighted by Gasteiger charge is 2.23. The molecule has 1 aliphatic heterocycles. The number of hydrazine groups is 1. The number of nitrogens with one attached hydrogen (secondary N) is 3. The van der Waals surface area contributed by atoms with Crippen LogP contribution in [0.1, 0.15) is 33.3 Å². The molecule has 0 radical (unpaired) electrons. The zero-order chi connectivity index (χ0) is 17.0. The first kappa shape index (κ1) is 17.1. The van der Waals surface area contributed by atoms with Crippen molar-refractivity contribution < 1.29 is 4.79 Å². The third-order valence-electron chi connectivity index (χ3n) is 3.50. The van der Waals surface area contributed by atoms with Crippen LogP contribution in [0.15, 0.2) is 36.2 Å². The van der Waals surface area contributed by atoms with Crippen LogP contribution in [0.4, 0.5) is 10.5 Å². The molecule has 5 N–H and O–H groups in total. The molecule has 1 heterocycles. The number of benzene rings is 1. The van der Waals surface area contributed by atoms with Crippen molar-refractivity contribution in [3.63, 3.8) is 0 Å². The van der Waals surface area contributed by atoms with Crippen LogP contribution >= 0.6 is 0 Å². The first-order chi connectivity index (χ1) is 10.8. The molecule has 0 aromatic heterocycles. The Bertz CT molecular complexity index is 594. The van der Waals surface area contributed by atoms with E-state index in [0.29, 0.717) is 6.54 Å². The number of fused-ring (bicyclic) bond motifs is 1. The van der Waals surface area contributed by atoms with Gasteiger partial charge in [0, 0.05) is 30.9 Å². The highest BCUT2D eigenvalue weighted by molar-refractivity contribution is 5.75. The predicted octanol–water partition coefficient (Wildman–Crippen LogP) is 1.84. The van der Waals surface area contributed by atoms with E-state index >= 15 is 0 Å². The summed E-state index contributed by atoms with van der Waals surface area (Å²) in [4.78, 5) is 11.9. The third-order valence-corrected chi connectivity index (χ3v) is 3.50. The van der Waals surface area contributed by atoms with E-state index in [4.69, 9.17) is 5.73 Å². The number of urea groups is 1. The number of hydrogen-bond donors (Lipinski definition) is 4. The molecule has 0 atom stereocenters. The molecular weight excluding hydrogens is 290 g/mol. The van der Waals surface area contributed by atoms with Crippen molar-refractivity contribution in [2.75, 3.05) is 11.6 Å². The van der Waals surface area contributed by atoms with Gasteiger partial charge in [0.1, 0.15) is 0 Å². The van der Waals surface area contributed by atoms with E-state index in [9.17, 15) is 4.79 Å². The van der Waals surface area contributed by atoms with Crippen LogP contribution in [-0.4, -0.2) is 24.2 Å². The van der Waals surface area contributed by atoms with Gasteiger partial charge in [-0.05, 0) is 39.3 Å². The summed E-state index contributed by atoms with van der Waals surface area (Å²) < 4.78 is 0. The van der Waals surface area contributed by atoms with Crippen LogP contribution in [0.2, 0.25) is 0 Å². The number of carbonyl (C=O) groups is 1. The van der Waals surface area contributed by atoms with E-state index in [1.165, 1.54) is 5.56 Å². The topological polar surface area (TPSA) is 82.4 Å². The molecule has 0 bridgehead atoms. The molecule has 0 fully saturated rings. The molecule has 6 nitrogen and oxygen atoms in total. The Morgan fingerprint density at radius 3 is 2.74 bits per heavy atom. The minimum Gasteiger partial charge on any atom is -0.401 e. The molecule has 0 spiro atoms. The van der Waals surface area contributed by atoms with Gasteiger partial charge in [0.25, 0.3) is 0 Å². The van der Waals surface area contributed by atoms with Gasteiger partial charge in [-0.1, -0.05) is 18.2 Å². The standard InChI is InChI=1S/C17H27N5O/c1-12(2)20-16(23)21-17(3,4)11-19-22-10-14(18)9-13-7-5-6-8-15(13)22/h5-8,10,12,19H,9,11,18H2,1-4H3,(H2,20,21,23). The van der Waals surface area contributed by atoms with Crippen LogP contribution in [0.5, 0.6) is 0 Å². The van der Waals surface area contributed by atoms with Crippen LogP contribution in [0, 0.1) is 0 Å². The molecule has 1 aromatic carbocycles. The van der Waals surface area contributed by atoms with E-state index in [2.05, 4.69) is 28.2 Å². The zero-order valence-corrected chi connectivity index (χ0v) is 14.3. The fourth-order valence-corrected chi connectivity index (χ4v) is 2.46. The van der Waals surface area contributed by atoms with Gasteiger partial charge in [0.05, 0.1) is 11.2 Å². The number of allylic oxidation sites excluding steroid dienone is 1. The normalized spacial score (nSPS) is 14.3. The van der Waals surface area contributed by atoms with Crippen molar-refractivity contribution in [1.82, 2.24) is 16.1 Å². The monoisotopic (exact) mass is 317 g/mol. The number of para-hydroxylation sites is 1. The fourth-order valence-electron chi connectivity index (χ4n) is 2.46. The number of hydrogen-bond acceptors (Lipinski definition) is 4. The summed E-state index contributed by atoms with van der Waals surface area (Å²) in [6, 6.07) is 8.08. The Labute approximate surface area is 138 Å². The lowest BCUT2D eigenvalue weighted by atomic mass is 10.0. The fraction of sp³-hybridized carbons (Fsp3) is 0.471. The minimum absolute atomic E-state index is 0.107. The van der Waals surface area contributed by atoms with Gasteiger partial charge in [-0.15, -0.1) is 0 Å². The minimum atomic E-state index is -0.409. The SMILES string of the molecule is CC(C)NC(=O)NC(C)(C)CNN1C=C(N)Cc2ccccc21. The molecule has 2 rings (SSSR count). The maximum Gasteiger partial charge on any atom is 0.315 e. The van der Waals surface area contributed by atoms with Crippen LogP contribution in [0.25, 0.3) is 0 Å². The summed E-state index contributed by atoms with van der Waals surface area (Å²) in [6.45, 7) is 8.38. The Morgan fingerprint density at radius 2 is 2.04 bits per heavy atom. The summed E-state index contributed by atoms with van der Waals surface area (Å²) in [5, 5.41) is 7.74. The summed E-state index contributed by atoms with van der Waals surface area (Å²) in [6.07, 6.45) is 2.65. The predicted molar refractivity (Wildman–Crippen MR) is 93.8 cm³/mol. The molecule has 6 heteroatoms. The van der Waals surface area contributed by atoms with Crippen molar-refractivity contribution in [1.29, 1.82) is 0 Å². The molecule has 0 aliphatic carbocycles. The molecule has 0 saturated carbocycles. The smallest absolute Gasteiger partial charge is 0.315 e. The average Bonchev–Trinajstić information content (AvgIpc) is 2.43. The number of nitrogens with two attached hydrogens (primary N) is 1. The molecule has 1 aliphatic rings. The highest BCUT2D eigenvalue weighted by Crippen LogP contribution is 2.25. The quantitative estimate of drug-likeness (QED) is 0.668. The highest BCUT2D eigenvalue weighted by atomic mass is 16.2. The first-order valence-electron chi connectivity index (χ1n) is 7.92. The Morgan fingerprint density at radius 1 is 1.35 bits per heavy atom. The van der Waals surface area contributed by atoms with Crippen LogP contribution in [0.3, 0.4) is 0 Å². The van der Waals surface area contributed by atoms with Gasteiger partial charge >= 0.3 is 6.03 Å². The van der Waals surface area contributed by atoms with Gasteiger partial charge in [0.2, 0.25) is 0 Å². The van der Waals surface area contributed by atoms with Gasteiger partial charge in [-0.25, -0.2) is 10.2 Å². The van der Waals surface area contributed by atoms with Crippen molar-refractivity contribution in [2.24, 2.45) is 5.73 Å². The van der Waals surface area contributed by atoms with Gasteiger partial charge in [-0.2, -0.15) is 0 Å². The number of rotatable bonds is 5. The average molecular weight is 317 g/mol. The number of nitrogens with zero attached hydrogens (tertiary/aromatic N) is 1. The second-order valence-electron chi connectivity index (χ2n) is 6.85. The van der Waals surface area contributed by atoms with Crippen molar-refractivity contribution in [3.05, 3.63) is 41.7 Å². The van der Waals surface area contributed by atoms with Gasteiger partial charge in [-0.3, -0.25) is 5.01 Å². The number of anilines is 1. The molecule has 0 saturated heterocycles. The van der Waals surface area contributed by atoms with Crippen molar-refractivity contribution in [2.45, 2.75) is 45.7 Å². The second-order valence-corrected chi connectivity index (χ2v) is 6.85. The van der Waals surface area contributed by atoms with E-state index in [1.54, 1.807) is 0 Å². The van der Waals surface area contributed by atoms with Crippen LogP contribution in [-0.2, 0) is 6.42 Å². The Hall–Kier alpha value is -2.21. The largest absolute Gasteiger partial charge is 0.401 e. The van der Waals surface area contributed by atoms with E-state index in [0.717, 1.165) is 17.8 Å². The first-order valence-corrected chi connectivity index (χ1v) is 7.92. The summed E-state index contributed by atoms with van der Waals surface area (Å²) in [7, 11) is 0. The molecular formula is C17H27N5O. The van der Waals surface area contributed by atoms with E-state index in [-0.39, 0.29) is 12.1 Å². The Balaban J connectivity index is 1.99. The summed E-state index contributed by atoms with van der Waals surface area (Å²) in [5.74, 6) is 0. The summed E-state index contributed by atoms with van der Waals surface area (Å²) >= 11 is 0. The maximum atomic E-state index is 11.9. The van der Waals surface area contributed by atoms with Crippen molar-refractivity contribution in [3.8, 4) is 0 Å². The molecule has 1 aromatic rings. The number of carbonyl (C=O) groups excluding carboxylic acids is 1. The maximum absolute atomic E-state index is 11.9. The van der Waals surface area contributed by atoms with Gasteiger partial charge < -0.3 is 16.4 Å². The van der Waals surface area contributed by atoms with Gasteiger partial charge in [0.15, 0.2) is 0 Å². The molecule has 126 valence electrons. The number of amides is 2. The third kappa shape index (κ3) is 4.89. The molecule has 2 amide bonds. The lowest BCUT2D eigenvalue weighted by Crippen LogP contribution is -2.56. The summed E-state index contributed by atoms with van der Waals surface area (Å²) in [5.41, 5.74) is 12.0. The van der Waals surface area contributed by atoms with Crippen molar-refractivity contribution >= 4 is 11.7 Å².